The molecule has 0 N–H and O–H groups in total. The number of thioether (sulfide) groups is 1. The molecule has 13 heavy (non-hydrogen) atoms. The molecule has 0 aromatic heterocycles. The van der Waals surface area contributed by atoms with Crippen LogP contribution in [-0.4, -0.2) is 17.3 Å². The zero-order valence-corrected chi connectivity index (χ0v) is 8.63. The first-order valence-corrected chi connectivity index (χ1v) is 5.48. The minimum absolute atomic E-state index is 0.123. The summed E-state index contributed by atoms with van der Waals surface area (Å²) in [7, 11) is 0. The normalized spacial score (nSPS) is 33.4. The van der Waals surface area contributed by atoms with E-state index in [-0.39, 0.29) is 12.0 Å². The molecule has 0 aliphatic carbocycles. The molecule has 0 radical (unpaired) electrons. The van der Waals surface area contributed by atoms with E-state index in [0.29, 0.717) is 5.92 Å². The lowest BCUT2D eigenvalue weighted by atomic mass is 9.88. The lowest BCUT2D eigenvalue weighted by molar-refractivity contribution is 0.392. The highest BCUT2D eigenvalue weighted by Gasteiger charge is 2.25. The van der Waals surface area contributed by atoms with Gasteiger partial charge in [-0.05, 0) is 12.3 Å². The predicted molar refractivity (Wildman–Crippen MR) is 57.8 cm³/mol. The molecule has 2 nitrogen and oxygen atoms in total. The van der Waals surface area contributed by atoms with Crippen molar-refractivity contribution < 1.29 is 0 Å². The van der Waals surface area contributed by atoms with Crippen molar-refractivity contribution in [1.82, 2.24) is 0 Å². The van der Waals surface area contributed by atoms with Gasteiger partial charge in [0.2, 0.25) is 0 Å². The molecule has 0 spiro atoms. The third kappa shape index (κ3) is 2.60. The number of nitriles is 1. The minimum Gasteiger partial charge on any atom is -0.282 e. The van der Waals surface area contributed by atoms with Crippen LogP contribution in [0.3, 0.4) is 0 Å². The highest BCUT2D eigenvalue weighted by Crippen LogP contribution is 2.26. The quantitative estimate of drug-likeness (QED) is 0.633. The SMILES string of the molecule is C=CC[C@H]1N=CSCC(C#N)[C@H]1C. The second-order valence-corrected chi connectivity index (χ2v) is 4.15. The van der Waals surface area contributed by atoms with Crippen molar-refractivity contribution in [3.63, 3.8) is 0 Å². The van der Waals surface area contributed by atoms with Crippen LogP contribution in [0.1, 0.15) is 13.3 Å². The third-order valence-corrected chi connectivity index (χ3v) is 3.24. The first-order chi connectivity index (χ1) is 6.29. The lowest BCUT2D eigenvalue weighted by Gasteiger charge is -2.20. The summed E-state index contributed by atoms with van der Waals surface area (Å²) < 4.78 is 0. The number of rotatable bonds is 2. The molecular formula is C10H14N2S. The molecule has 3 heteroatoms. The van der Waals surface area contributed by atoms with Crippen LogP contribution in [0.2, 0.25) is 0 Å². The van der Waals surface area contributed by atoms with Crippen molar-refractivity contribution in [3.05, 3.63) is 12.7 Å². The second-order valence-electron chi connectivity index (χ2n) is 3.27. The second kappa shape index (κ2) is 5.08. The maximum absolute atomic E-state index is 8.93. The lowest BCUT2D eigenvalue weighted by Crippen LogP contribution is -2.22. The molecule has 1 aliphatic rings. The van der Waals surface area contributed by atoms with E-state index in [4.69, 9.17) is 5.26 Å². The van der Waals surface area contributed by atoms with E-state index in [2.05, 4.69) is 24.6 Å². The molecule has 70 valence electrons. The van der Waals surface area contributed by atoms with E-state index in [0.717, 1.165) is 12.2 Å². The van der Waals surface area contributed by atoms with E-state index in [1.54, 1.807) is 11.8 Å². The molecule has 1 unspecified atom stereocenters. The first-order valence-electron chi connectivity index (χ1n) is 4.43. The van der Waals surface area contributed by atoms with Crippen LogP contribution >= 0.6 is 11.8 Å². The third-order valence-electron chi connectivity index (χ3n) is 2.42. The maximum Gasteiger partial charge on any atom is 0.0668 e. The summed E-state index contributed by atoms with van der Waals surface area (Å²) in [6.45, 7) is 5.81. The van der Waals surface area contributed by atoms with Crippen molar-refractivity contribution in [1.29, 1.82) is 5.26 Å². The van der Waals surface area contributed by atoms with Gasteiger partial charge in [-0.3, -0.25) is 4.99 Å². The van der Waals surface area contributed by atoms with Crippen molar-refractivity contribution in [3.8, 4) is 6.07 Å². The zero-order valence-electron chi connectivity index (χ0n) is 7.81. The van der Waals surface area contributed by atoms with Crippen LogP contribution in [-0.2, 0) is 0 Å². The van der Waals surface area contributed by atoms with Gasteiger partial charge in [-0.2, -0.15) is 5.26 Å². The minimum atomic E-state index is 0.123. The largest absolute Gasteiger partial charge is 0.282 e. The van der Waals surface area contributed by atoms with Crippen LogP contribution < -0.4 is 0 Å². The summed E-state index contributed by atoms with van der Waals surface area (Å²) in [4.78, 5) is 4.41. The fourth-order valence-corrected chi connectivity index (χ4v) is 2.34. The summed E-state index contributed by atoms with van der Waals surface area (Å²) in [5.74, 6) is 1.33. The van der Waals surface area contributed by atoms with Gasteiger partial charge in [-0.15, -0.1) is 18.3 Å². The number of hydrogen-bond acceptors (Lipinski definition) is 3. The van der Waals surface area contributed by atoms with Crippen LogP contribution in [0.15, 0.2) is 17.6 Å². The molecule has 1 aliphatic heterocycles. The maximum atomic E-state index is 8.93. The van der Waals surface area contributed by atoms with Crippen LogP contribution in [0.5, 0.6) is 0 Å². The molecule has 0 aromatic rings. The van der Waals surface area contributed by atoms with E-state index in [9.17, 15) is 0 Å². The Kier molecular flexibility index (Phi) is 4.04. The van der Waals surface area contributed by atoms with Gasteiger partial charge in [0.25, 0.3) is 0 Å². The predicted octanol–water partition coefficient (Wildman–Crippen LogP) is 2.48. The average molecular weight is 194 g/mol. The Hall–Kier alpha value is -0.750. The summed E-state index contributed by atoms with van der Waals surface area (Å²) in [5.41, 5.74) is 1.88. The Balaban J connectivity index is 2.70. The molecule has 0 saturated heterocycles. The van der Waals surface area contributed by atoms with Gasteiger partial charge in [-0.1, -0.05) is 13.0 Å². The van der Waals surface area contributed by atoms with Gasteiger partial charge in [0, 0.05) is 5.75 Å². The smallest absolute Gasteiger partial charge is 0.0668 e. The van der Waals surface area contributed by atoms with Gasteiger partial charge in [0.1, 0.15) is 0 Å². The van der Waals surface area contributed by atoms with E-state index in [1.165, 1.54) is 0 Å². The summed E-state index contributed by atoms with van der Waals surface area (Å²) in [6.07, 6.45) is 2.75. The first kappa shape index (κ1) is 10.3. The van der Waals surface area contributed by atoms with E-state index in [1.807, 2.05) is 11.6 Å². The zero-order chi connectivity index (χ0) is 9.68. The van der Waals surface area contributed by atoms with Crippen molar-refractivity contribution in [2.24, 2.45) is 16.8 Å². The average Bonchev–Trinajstić information content (AvgIpc) is 2.30. The van der Waals surface area contributed by atoms with Gasteiger partial charge >= 0.3 is 0 Å². The summed E-state index contributed by atoms with van der Waals surface area (Å²) in [6, 6.07) is 2.59. The van der Waals surface area contributed by atoms with Gasteiger partial charge in [-0.25, -0.2) is 0 Å². The Morgan fingerprint density at radius 3 is 3.23 bits per heavy atom. The fourth-order valence-electron chi connectivity index (χ4n) is 1.42. The molecule has 1 heterocycles. The summed E-state index contributed by atoms with van der Waals surface area (Å²) in [5, 5.41) is 8.93. The highest BCUT2D eigenvalue weighted by molar-refractivity contribution is 8.12. The number of nitrogens with zero attached hydrogens (tertiary/aromatic N) is 2. The molecule has 0 amide bonds. The molecule has 0 fully saturated rings. The molecular weight excluding hydrogens is 180 g/mol. The van der Waals surface area contributed by atoms with Gasteiger partial charge in [0.05, 0.1) is 23.6 Å². The topological polar surface area (TPSA) is 36.1 Å². The molecule has 0 saturated carbocycles. The number of hydrogen-bond donors (Lipinski definition) is 0. The Bertz CT molecular complexity index is 242. The molecule has 3 atom stereocenters. The molecule has 0 bridgehead atoms. The van der Waals surface area contributed by atoms with Crippen LogP contribution in [0.25, 0.3) is 0 Å². The fraction of sp³-hybridized carbons (Fsp3) is 0.600. The Morgan fingerprint density at radius 2 is 2.62 bits per heavy atom. The molecule has 0 aromatic carbocycles. The Morgan fingerprint density at radius 1 is 1.85 bits per heavy atom. The van der Waals surface area contributed by atoms with E-state index >= 15 is 0 Å². The highest BCUT2D eigenvalue weighted by atomic mass is 32.2. The molecule has 1 rings (SSSR count). The van der Waals surface area contributed by atoms with Crippen molar-refractivity contribution in [2.75, 3.05) is 5.75 Å². The van der Waals surface area contributed by atoms with Gasteiger partial charge in [0.15, 0.2) is 0 Å². The van der Waals surface area contributed by atoms with Gasteiger partial charge < -0.3 is 0 Å². The summed E-state index contributed by atoms with van der Waals surface area (Å²) >= 11 is 1.63. The standard InChI is InChI=1S/C10H14N2S/c1-3-4-10-8(2)9(5-11)6-13-7-12-10/h3,7-10H,1,4,6H2,2H3/t8-,9?,10-/m1/s1. The van der Waals surface area contributed by atoms with Crippen molar-refractivity contribution >= 4 is 17.3 Å². The monoisotopic (exact) mass is 194 g/mol. The number of aliphatic imine (C=N–C) groups is 1. The van der Waals surface area contributed by atoms with Crippen molar-refractivity contribution in [2.45, 2.75) is 19.4 Å². The Labute approximate surface area is 83.7 Å². The van der Waals surface area contributed by atoms with E-state index < -0.39 is 0 Å². The van der Waals surface area contributed by atoms with Crippen LogP contribution in [0, 0.1) is 23.2 Å². The van der Waals surface area contributed by atoms with Crippen LogP contribution in [0.4, 0.5) is 0 Å².